The number of fused-ring (bicyclic) bond motifs is 1. The highest BCUT2D eigenvalue weighted by atomic mass is 35.5. The van der Waals surface area contributed by atoms with Crippen LogP contribution in [0.2, 0.25) is 5.02 Å². The zero-order chi connectivity index (χ0) is 18.5. The SMILES string of the molecule is COc1ccc(NCC(=O)Nc2sc3c(c2C#N)CCCCC3)cc1Cl. The molecule has 136 valence electrons. The molecule has 26 heavy (non-hydrogen) atoms. The lowest BCUT2D eigenvalue weighted by Crippen LogP contribution is -2.21. The molecule has 0 saturated heterocycles. The van der Waals surface area contributed by atoms with Crippen molar-refractivity contribution in [1.82, 2.24) is 0 Å². The number of benzene rings is 1. The zero-order valence-corrected chi connectivity index (χ0v) is 16.1. The van der Waals surface area contributed by atoms with Crippen LogP contribution >= 0.6 is 22.9 Å². The first-order chi connectivity index (χ1) is 12.6. The quantitative estimate of drug-likeness (QED) is 0.733. The maximum Gasteiger partial charge on any atom is 0.244 e. The molecule has 0 spiro atoms. The van der Waals surface area contributed by atoms with Crippen LogP contribution in [0.25, 0.3) is 0 Å². The molecule has 2 N–H and O–H groups in total. The molecular formula is C19H20ClN3O2S. The summed E-state index contributed by atoms with van der Waals surface area (Å²) in [7, 11) is 1.55. The largest absolute Gasteiger partial charge is 0.495 e. The van der Waals surface area contributed by atoms with Crippen LogP contribution in [-0.4, -0.2) is 19.6 Å². The van der Waals surface area contributed by atoms with Crippen molar-refractivity contribution in [2.24, 2.45) is 0 Å². The fourth-order valence-electron chi connectivity index (χ4n) is 3.08. The van der Waals surface area contributed by atoms with Gasteiger partial charge in [-0.05, 0) is 49.4 Å². The Morgan fingerprint density at radius 2 is 2.15 bits per heavy atom. The number of amides is 1. The molecule has 3 rings (SSSR count). The van der Waals surface area contributed by atoms with Crippen LogP contribution < -0.4 is 15.4 Å². The van der Waals surface area contributed by atoms with Crippen LogP contribution in [0.4, 0.5) is 10.7 Å². The van der Waals surface area contributed by atoms with E-state index in [0.29, 0.717) is 21.3 Å². The molecule has 1 aliphatic rings. The third-order valence-corrected chi connectivity index (χ3v) is 5.89. The van der Waals surface area contributed by atoms with Crippen LogP contribution in [0.5, 0.6) is 5.75 Å². The van der Waals surface area contributed by atoms with E-state index in [1.54, 1.807) is 25.3 Å². The average Bonchev–Trinajstić information content (AvgIpc) is 2.79. The highest BCUT2D eigenvalue weighted by molar-refractivity contribution is 7.16. The summed E-state index contributed by atoms with van der Waals surface area (Å²) in [6, 6.07) is 7.53. The first-order valence-electron chi connectivity index (χ1n) is 8.54. The number of rotatable bonds is 5. The third kappa shape index (κ3) is 4.12. The molecule has 2 aromatic rings. The van der Waals surface area contributed by atoms with Gasteiger partial charge < -0.3 is 15.4 Å². The number of anilines is 2. The Bertz CT molecular complexity index is 857. The Morgan fingerprint density at radius 1 is 1.35 bits per heavy atom. The maximum atomic E-state index is 12.3. The Labute approximate surface area is 161 Å². The Kier molecular flexibility index (Phi) is 6.02. The zero-order valence-electron chi connectivity index (χ0n) is 14.5. The van der Waals surface area contributed by atoms with Crippen molar-refractivity contribution in [2.45, 2.75) is 32.1 Å². The van der Waals surface area contributed by atoms with Crippen molar-refractivity contribution in [3.05, 3.63) is 39.2 Å². The van der Waals surface area contributed by atoms with Gasteiger partial charge in [0.25, 0.3) is 0 Å². The van der Waals surface area contributed by atoms with Crippen molar-refractivity contribution in [1.29, 1.82) is 5.26 Å². The normalized spacial score (nSPS) is 13.3. The molecule has 0 fully saturated rings. The molecule has 1 aromatic heterocycles. The van der Waals surface area contributed by atoms with Crippen LogP contribution in [0.15, 0.2) is 18.2 Å². The molecule has 0 radical (unpaired) electrons. The number of nitrogens with one attached hydrogen (secondary N) is 2. The lowest BCUT2D eigenvalue weighted by Gasteiger charge is -2.09. The summed E-state index contributed by atoms with van der Waals surface area (Å²) in [5.74, 6) is 0.394. The predicted molar refractivity (Wildman–Crippen MR) is 105 cm³/mol. The number of nitrogens with zero attached hydrogens (tertiary/aromatic N) is 1. The number of ether oxygens (including phenoxy) is 1. The summed E-state index contributed by atoms with van der Waals surface area (Å²) in [6.45, 7) is 0.0933. The second-order valence-electron chi connectivity index (χ2n) is 6.13. The van der Waals surface area contributed by atoms with Gasteiger partial charge in [0, 0.05) is 10.6 Å². The van der Waals surface area contributed by atoms with E-state index in [1.165, 1.54) is 22.6 Å². The van der Waals surface area contributed by atoms with Gasteiger partial charge in [0.15, 0.2) is 0 Å². The van der Waals surface area contributed by atoms with E-state index in [4.69, 9.17) is 16.3 Å². The second-order valence-corrected chi connectivity index (χ2v) is 7.64. The van der Waals surface area contributed by atoms with E-state index in [1.807, 2.05) is 0 Å². The minimum absolute atomic E-state index is 0.0933. The summed E-state index contributed by atoms with van der Waals surface area (Å²) in [6.07, 6.45) is 5.36. The van der Waals surface area contributed by atoms with Gasteiger partial charge in [0.05, 0.1) is 24.2 Å². The van der Waals surface area contributed by atoms with Gasteiger partial charge in [0.2, 0.25) is 5.91 Å². The van der Waals surface area contributed by atoms with Crippen LogP contribution in [0.1, 0.15) is 35.3 Å². The number of hydrogen-bond acceptors (Lipinski definition) is 5. The molecule has 5 nitrogen and oxygen atoms in total. The second kappa shape index (κ2) is 8.43. The molecule has 1 aliphatic carbocycles. The van der Waals surface area contributed by atoms with Gasteiger partial charge in [-0.15, -0.1) is 11.3 Å². The molecule has 0 unspecified atom stereocenters. The number of halogens is 1. The Balaban J connectivity index is 1.65. The minimum atomic E-state index is -0.190. The van der Waals surface area contributed by atoms with Gasteiger partial charge in [-0.3, -0.25) is 4.79 Å². The van der Waals surface area contributed by atoms with Crippen molar-refractivity contribution in [3.8, 4) is 11.8 Å². The summed E-state index contributed by atoms with van der Waals surface area (Å²) in [5, 5.41) is 16.6. The standard InChI is InChI=1S/C19H20ClN3O2S/c1-25-16-8-7-12(9-15(16)20)22-11-18(24)23-19-14(10-21)13-5-3-2-4-6-17(13)26-19/h7-9,22H,2-6,11H2,1H3,(H,23,24). The van der Waals surface area contributed by atoms with Crippen molar-refractivity contribution >= 4 is 39.5 Å². The summed E-state index contributed by atoms with van der Waals surface area (Å²) in [4.78, 5) is 13.5. The lowest BCUT2D eigenvalue weighted by atomic mass is 10.1. The topological polar surface area (TPSA) is 74.2 Å². The lowest BCUT2D eigenvalue weighted by molar-refractivity contribution is -0.114. The molecule has 1 aromatic carbocycles. The molecule has 0 atom stereocenters. The highest BCUT2D eigenvalue weighted by Crippen LogP contribution is 2.37. The van der Waals surface area contributed by atoms with E-state index >= 15 is 0 Å². The van der Waals surface area contributed by atoms with E-state index in [-0.39, 0.29) is 12.5 Å². The van der Waals surface area contributed by atoms with Crippen LogP contribution in [-0.2, 0) is 17.6 Å². The average molecular weight is 390 g/mol. The smallest absolute Gasteiger partial charge is 0.244 e. The van der Waals surface area contributed by atoms with E-state index in [9.17, 15) is 10.1 Å². The molecular weight excluding hydrogens is 370 g/mol. The van der Waals surface area contributed by atoms with Crippen LogP contribution in [0, 0.1) is 11.3 Å². The molecule has 1 heterocycles. The van der Waals surface area contributed by atoms with Gasteiger partial charge in [-0.25, -0.2) is 0 Å². The predicted octanol–water partition coefficient (Wildman–Crippen LogP) is 4.60. The van der Waals surface area contributed by atoms with Gasteiger partial charge in [0.1, 0.15) is 16.8 Å². The molecule has 1 amide bonds. The molecule has 0 aliphatic heterocycles. The molecule has 0 saturated carbocycles. The van der Waals surface area contributed by atoms with Crippen molar-refractivity contribution < 1.29 is 9.53 Å². The third-order valence-electron chi connectivity index (χ3n) is 4.39. The first-order valence-corrected chi connectivity index (χ1v) is 9.73. The summed E-state index contributed by atoms with van der Waals surface area (Å²) < 4.78 is 5.11. The monoisotopic (exact) mass is 389 g/mol. The summed E-state index contributed by atoms with van der Waals surface area (Å²) >= 11 is 7.62. The highest BCUT2D eigenvalue weighted by Gasteiger charge is 2.20. The van der Waals surface area contributed by atoms with E-state index < -0.39 is 0 Å². The number of thiophene rings is 1. The summed E-state index contributed by atoms with van der Waals surface area (Å²) in [5.41, 5.74) is 2.49. The minimum Gasteiger partial charge on any atom is -0.495 e. The van der Waals surface area contributed by atoms with Gasteiger partial charge in [-0.2, -0.15) is 5.26 Å². The van der Waals surface area contributed by atoms with Crippen molar-refractivity contribution in [3.63, 3.8) is 0 Å². The molecule has 7 heteroatoms. The Morgan fingerprint density at radius 3 is 2.88 bits per heavy atom. The number of carbonyl (C=O) groups is 1. The number of hydrogen-bond donors (Lipinski definition) is 2. The number of aryl methyl sites for hydroxylation is 1. The number of carbonyl (C=O) groups excluding carboxylic acids is 1. The fourth-order valence-corrected chi connectivity index (χ4v) is 4.59. The fraction of sp³-hybridized carbons (Fsp3) is 0.368. The van der Waals surface area contributed by atoms with E-state index in [2.05, 4.69) is 16.7 Å². The van der Waals surface area contributed by atoms with Gasteiger partial charge >= 0.3 is 0 Å². The van der Waals surface area contributed by atoms with E-state index in [0.717, 1.165) is 36.9 Å². The van der Waals surface area contributed by atoms with Crippen molar-refractivity contribution in [2.75, 3.05) is 24.3 Å². The molecule has 0 bridgehead atoms. The number of nitriles is 1. The van der Waals surface area contributed by atoms with Crippen LogP contribution in [0.3, 0.4) is 0 Å². The Hall–Kier alpha value is -2.23. The first kappa shape index (κ1) is 18.6. The maximum absolute atomic E-state index is 12.3. The number of methoxy groups -OCH3 is 1. The van der Waals surface area contributed by atoms with Gasteiger partial charge in [-0.1, -0.05) is 18.0 Å².